The number of pyridine rings is 2. The van der Waals surface area contributed by atoms with Gasteiger partial charge < -0.3 is 15.2 Å². The minimum atomic E-state index is -0.749. The molecule has 1 aliphatic heterocycles. The molecule has 1 amide bonds. The molecule has 34 heavy (non-hydrogen) atoms. The summed E-state index contributed by atoms with van der Waals surface area (Å²) in [6.45, 7) is 3.74. The van der Waals surface area contributed by atoms with E-state index in [9.17, 15) is 4.79 Å². The fourth-order valence-corrected chi connectivity index (χ4v) is 4.40. The zero-order chi connectivity index (χ0) is 23.5. The summed E-state index contributed by atoms with van der Waals surface area (Å²) >= 11 is 0. The van der Waals surface area contributed by atoms with Crippen LogP contribution >= 0.6 is 0 Å². The number of fused-ring (bicyclic) bond motifs is 2. The summed E-state index contributed by atoms with van der Waals surface area (Å²) in [6.07, 6.45) is 4.54. The van der Waals surface area contributed by atoms with Crippen molar-refractivity contribution in [1.82, 2.24) is 19.7 Å². The lowest BCUT2D eigenvalue weighted by Crippen LogP contribution is -2.14. The number of nitrogens with zero attached hydrogens (tertiary/aromatic N) is 4. The summed E-state index contributed by atoms with van der Waals surface area (Å²) in [4.78, 5) is 19.9. The first-order valence-corrected chi connectivity index (χ1v) is 11.6. The van der Waals surface area contributed by atoms with Crippen LogP contribution in [-0.4, -0.2) is 39.1 Å². The van der Waals surface area contributed by atoms with Crippen LogP contribution < -0.4 is 10.5 Å². The number of rotatable bonds is 8. The van der Waals surface area contributed by atoms with E-state index in [0.29, 0.717) is 25.4 Å². The molecule has 0 fully saturated rings. The molecule has 0 bridgehead atoms. The molecule has 4 aromatic rings. The SMILES string of the molecule is Cc1cccc(-c2nn3c(c2-c2ccc4ncc(OCCCCOC(N)=O)cc4c2)CCC3)n1. The number of carbonyl (C=O) groups is 1. The van der Waals surface area contributed by atoms with E-state index in [4.69, 9.17) is 25.3 Å². The highest BCUT2D eigenvalue weighted by Crippen LogP contribution is 2.38. The number of hydrogen-bond donors (Lipinski definition) is 1. The first kappa shape index (κ1) is 21.9. The van der Waals surface area contributed by atoms with E-state index in [1.54, 1.807) is 6.20 Å². The molecule has 0 saturated heterocycles. The van der Waals surface area contributed by atoms with Crippen LogP contribution in [0.15, 0.2) is 48.7 Å². The maximum atomic E-state index is 10.6. The first-order valence-electron chi connectivity index (χ1n) is 11.6. The number of primary amides is 1. The number of carbonyl (C=O) groups excluding carboxylic acids is 1. The van der Waals surface area contributed by atoms with Crippen molar-refractivity contribution >= 4 is 17.0 Å². The van der Waals surface area contributed by atoms with E-state index >= 15 is 0 Å². The van der Waals surface area contributed by atoms with Crippen molar-refractivity contribution in [3.63, 3.8) is 0 Å². The highest BCUT2D eigenvalue weighted by molar-refractivity contribution is 5.89. The molecule has 1 aliphatic rings. The van der Waals surface area contributed by atoms with Crippen molar-refractivity contribution in [2.75, 3.05) is 13.2 Å². The van der Waals surface area contributed by atoms with Gasteiger partial charge in [0.05, 0.1) is 30.6 Å². The van der Waals surface area contributed by atoms with Gasteiger partial charge >= 0.3 is 6.09 Å². The van der Waals surface area contributed by atoms with Gasteiger partial charge in [0, 0.05) is 28.9 Å². The molecule has 5 rings (SSSR count). The Kier molecular flexibility index (Phi) is 6.12. The number of aryl methyl sites for hydroxylation is 2. The second kappa shape index (κ2) is 9.51. The van der Waals surface area contributed by atoms with Crippen molar-refractivity contribution in [3.05, 3.63) is 60.0 Å². The van der Waals surface area contributed by atoms with Crippen LogP contribution in [0.4, 0.5) is 4.79 Å². The Morgan fingerprint density at radius 3 is 2.88 bits per heavy atom. The molecule has 8 heteroatoms. The third-order valence-corrected chi connectivity index (χ3v) is 5.97. The topological polar surface area (TPSA) is 105 Å². The summed E-state index contributed by atoms with van der Waals surface area (Å²) < 4.78 is 12.7. The van der Waals surface area contributed by atoms with Gasteiger partial charge in [-0.25, -0.2) is 4.79 Å². The second-order valence-electron chi connectivity index (χ2n) is 8.46. The number of unbranched alkanes of at least 4 members (excludes halogenated alkanes) is 1. The Hall–Kier alpha value is -3.94. The van der Waals surface area contributed by atoms with Crippen molar-refractivity contribution in [2.24, 2.45) is 5.73 Å². The lowest BCUT2D eigenvalue weighted by Gasteiger charge is -2.09. The average molecular weight is 458 g/mol. The van der Waals surface area contributed by atoms with Crippen molar-refractivity contribution < 1.29 is 14.3 Å². The van der Waals surface area contributed by atoms with Crippen LogP contribution in [0.2, 0.25) is 0 Å². The van der Waals surface area contributed by atoms with Crippen molar-refractivity contribution in [3.8, 4) is 28.3 Å². The third-order valence-electron chi connectivity index (χ3n) is 5.97. The lowest BCUT2D eigenvalue weighted by molar-refractivity contribution is 0.152. The van der Waals surface area contributed by atoms with Gasteiger partial charge in [0.15, 0.2) is 0 Å². The van der Waals surface area contributed by atoms with E-state index in [2.05, 4.69) is 21.8 Å². The molecular formula is C26H27N5O3. The summed E-state index contributed by atoms with van der Waals surface area (Å²) in [5.41, 5.74) is 12.2. The van der Waals surface area contributed by atoms with Crippen LogP contribution in [0, 0.1) is 6.92 Å². The molecule has 8 nitrogen and oxygen atoms in total. The van der Waals surface area contributed by atoms with Crippen LogP contribution in [0.3, 0.4) is 0 Å². The predicted octanol–water partition coefficient (Wildman–Crippen LogP) is 4.67. The number of aromatic nitrogens is 4. The van der Waals surface area contributed by atoms with Crippen LogP contribution in [0.5, 0.6) is 5.75 Å². The number of ether oxygens (including phenoxy) is 2. The third kappa shape index (κ3) is 4.57. The van der Waals surface area contributed by atoms with Gasteiger partial charge in [0.25, 0.3) is 0 Å². The smallest absolute Gasteiger partial charge is 0.404 e. The van der Waals surface area contributed by atoms with Gasteiger partial charge in [-0.05, 0) is 68.5 Å². The molecular weight excluding hydrogens is 430 g/mol. The molecule has 3 aromatic heterocycles. The largest absolute Gasteiger partial charge is 0.492 e. The van der Waals surface area contributed by atoms with Gasteiger partial charge in [-0.3, -0.25) is 14.6 Å². The molecule has 0 spiro atoms. The van der Waals surface area contributed by atoms with E-state index in [1.807, 2.05) is 37.3 Å². The van der Waals surface area contributed by atoms with E-state index in [-0.39, 0.29) is 0 Å². The van der Waals surface area contributed by atoms with Gasteiger partial charge in [-0.1, -0.05) is 12.1 Å². The van der Waals surface area contributed by atoms with Crippen LogP contribution in [0.25, 0.3) is 33.4 Å². The summed E-state index contributed by atoms with van der Waals surface area (Å²) in [7, 11) is 0. The number of benzene rings is 1. The number of hydrogen-bond acceptors (Lipinski definition) is 6. The summed E-state index contributed by atoms with van der Waals surface area (Å²) in [5, 5.41) is 5.93. The van der Waals surface area contributed by atoms with E-state index < -0.39 is 6.09 Å². The Morgan fingerprint density at radius 2 is 2.03 bits per heavy atom. The Morgan fingerprint density at radius 1 is 1.15 bits per heavy atom. The molecule has 0 radical (unpaired) electrons. The highest BCUT2D eigenvalue weighted by atomic mass is 16.5. The van der Waals surface area contributed by atoms with E-state index in [1.165, 1.54) is 5.69 Å². The molecule has 0 aliphatic carbocycles. The Labute approximate surface area is 197 Å². The van der Waals surface area contributed by atoms with Crippen LogP contribution in [0.1, 0.15) is 30.7 Å². The Balaban J connectivity index is 1.42. The first-order chi connectivity index (χ1) is 16.6. The van der Waals surface area contributed by atoms with Gasteiger partial charge in [0.1, 0.15) is 11.4 Å². The number of nitrogens with two attached hydrogens (primary N) is 1. The Bertz CT molecular complexity index is 1350. The normalized spacial score (nSPS) is 12.6. The van der Waals surface area contributed by atoms with E-state index in [0.717, 1.165) is 64.9 Å². The standard InChI is InChI=1S/C26H27N5O3/c1-17-6-4-7-22(29-17)25-24(23-8-5-11-31(23)30-25)18-9-10-21-19(14-18)15-20(16-28-21)33-12-2-3-13-34-26(27)32/h4,6-7,9-10,14-16H,2-3,5,8,11-13H2,1H3,(H2,27,32). The quantitative estimate of drug-likeness (QED) is 0.386. The van der Waals surface area contributed by atoms with Crippen LogP contribution in [-0.2, 0) is 17.7 Å². The lowest BCUT2D eigenvalue weighted by atomic mass is 9.98. The molecule has 0 saturated carbocycles. The van der Waals surface area contributed by atoms with Crippen molar-refractivity contribution in [2.45, 2.75) is 39.2 Å². The summed E-state index contributed by atoms with van der Waals surface area (Å²) in [5.74, 6) is 0.710. The predicted molar refractivity (Wildman–Crippen MR) is 130 cm³/mol. The fraction of sp³-hybridized carbons (Fsp3) is 0.308. The zero-order valence-electron chi connectivity index (χ0n) is 19.2. The maximum Gasteiger partial charge on any atom is 0.404 e. The average Bonchev–Trinajstić information content (AvgIpc) is 3.42. The van der Waals surface area contributed by atoms with Gasteiger partial charge in [0.2, 0.25) is 0 Å². The molecule has 0 unspecified atom stereocenters. The minimum Gasteiger partial charge on any atom is -0.492 e. The monoisotopic (exact) mass is 457 g/mol. The molecule has 1 aromatic carbocycles. The van der Waals surface area contributed by atoms with Gasteiger partial charge in [-0.15, -0.1) is 0 Å². The molecule has 174 valence electrons. The number of amides is 1. The molecule has 0 atom stereocenters. The zero-order valence-corrected chi connectivity index (χ0v) is 19.2. The maximum absolute atomic E-state index is 10.6. The molecule has 2 N–H and O–H groups in total. The second-order valence-corrected chi connectivity index (χ2v) is 8.46. The minimum absolute atomic E-state index is 0.298. The van der Waals surface area contributed by atoms with Gasteiger partial charge in [-0.2, -0.15) is 5.10 Å². The van der Waals surface area contributed by atoms with Crippen molar-refractivity contribution in [1.29, 1.82) is 0 Å². The molecule has 4 heterocycles. The summed E-state index contributed by atoms with van der Waals surface area (Å²) in [6, 6.07) is 14.4. The fourth-order valence-electron chi connectivity index (χ4n) is 4.40. The highest BCUT2D eigenvalue weighted by Gasteiger charge is 2.24.